The monoisotopic (exact) mass is 472 g/mol. The fourth-order valence-electron chi connectivity index (χ4n) is 5.68. The summed E-state index contributed by atoms with van der Waals surface area (Å²) in [5, 5.41) is 4.59. The highest BCUT2D eigenvalue weighted by Crippen LogP contribution is 2.43. The standard InChI is InChI=1S/C28H20N6S/c1-13-31-22-8-7-19-17(24(22)32-13)6-4-16-10-23(35-28(16)19)15-3-5-18-20(9-15)21-11-29-12-30-25(21)27-26(18)33-14(2)34-27/h3-6,9-12H,7-8H2,1-2H3,(H,31,32)(H,33,34). The van der Waals surface area contributed by atoms with Gasteiger partial charge in [0, 0.05) is 37.8 Å². The summed E-state index contributed by atoms with van der Waals surface area (Å²) in [5.41, 5.74) is 9.13. The van der Waals surface area contributed by atoms with Crippen molar-refractivity contribution in [2.24, 2.45) is 0 Å². The molecule has 7 heteroatoms. The van der Waals surface area contributed by atoms with Crippen molar-refractivity contribution in [1.29, 1.82) is 0 Å². The van der Waals surface area contributed by atoms with E-state index in [0.717, 1.165) is 62.9 Å². The lowest BCUT2D eigenvalue weighted by molar-refractivity contribution is 0.913. The van der Waals surface area contributed by atoms with Crippen molar-refractivity contribution in [1.82, 2.24) is 29.9 Å². The van der Waals surface area contributed by atoms with Crippen LogP contribution in [0.2, 0.25) is 0 Å². The van der Waals surface area contributed by atoms with Gasteiger partial charge in [-0.3, -0.25) is 0 Å². The van der Waals surface area contributed by atoms with Crippen molar-refractivity contribution in [3.63, 3.8) is 0 Å². The minimum absolute atomic E-state index is 0.890. The third kappa shape index (κ3) is 2.64. The maximum absolute atomic E-state index is 4.78. The number of aromatic amines is 2. The van der Waals surface area contributed by atoms with E-state index in [1.807, 2.05) is 31.4 Å². The predicted molar refractivity (Wildman–Crippen MR) is 142 cm³/mol. The second-order valence-electron chi connectivity index (χ2n) is 9.36. The molecule has 1 aliphatic carbocycles. The second kappa shape index (κ2) is 6.73. The minimum atomic E-state index is 0.890. The zero-order chi connectivity index (χ0) is 23.3. The molecule has 0 fully saturated rings. The summed E-state index contributed by atoms with van der Waals surface area (Å²) in [6.07, 6.45) is 5.57. The van der Waals surface area contributed by atoms with Crippen LogP contribution >= 0.6 is 11.3 Å². The van der Waals surface area contributed by atoms with Crippen LogP contribution in [0.25, 0.3) is 64.5 Å². The molecule has 0 aliphatic heterocycles. The Morgan fingerprint density at radius 3 is 2.71 bits per heavy atom. The number of rotatable bonds is 1. The number of nitrogens with zero attached hydrogens (tertiary/aromatic N) is 4. The quantitative estimate of drug-likeness (QED) is 0.262. The van der Waals surface area contributed by atoms with Gasteiger partial charge in [-0.05, 0) is 60.7 Å². The van der Waals surface area contributed by atoms with Gasteiger partial charge in [-0.15, -0.1) is 11.3 Å². The van der Waals surface area contributed by atoms with Crippen LogP contribution in [0.1, 0.15) is 22.9 Å². The lowest BCUT2D eigenvalue weighted by Crippen LogP contribution is -2.03. The van der Waals surface area contributed by atoms with Gasteiger partial charge in [-0.2, -0.15) is 0 Å². The molecule has 6 nitrogen and oxygen atoms in total. The Balaban J connectivity index is 1.36. The number of benzene rings is 3. The number of fused-ring (bicyclic) bond motifs is 11. The molecule has 2 N–H and O–H groups in total. The number of hydrogen-bond acceptors (Lipinski definition) is 5. The van der Waals surface area contributed by atoms with Crippen LogP contribution in [0.3, 0.4) is 0 Å². The van der Waals surface area contributed by atoms with Gasteiger partial charge in [0.15, 0.2) is 0 Å². The third-order valence-corrected chi connectivity index (χ3v) is 8.45. The van der Waals surface area contributed by atoms with E-state index in [-0.39, 0.29) is 0 Å². The largest absolute Gasteiger partial charge is 0.346 e. The van der Waals surface area contributed by atoms with Crippen LogP contribution in [0, 0.1) is 13.8 Å². The van der Waals surface area contributed by atoms with E-state index in [2.05, 4.69) is 56.3 Å². The summed E-state index contributed by atoms with van der Waals surface area (Å²) in [7, 11) is 0. The first-order chi connectivity index (χ1) is 17.1. The fraction of sp³-hybridized carbons (Fsp3) is 0.143. The van der Waals surface area contributed by atoms with E-state index >= 15 is 0 Å². The van der Waals surface area contributed by atoms with Crippen LogP contribution < -0.4 is 0 Å². The Morgan fingerprint density at radius 1 is 0.857 bits per heavy atom. The molecular weight excluding hydrogens is 452 g/mol. The molecule has 0 atom stereocenters. The first-order valence-electron chi connectivity index (χ1n) is 11.8. The van der Waals surface area contributed by atoms with Crippen LogP contribution in [0.15, 0.2) is 48.9 Å². The van der Waals surface area contributed by atoms with Gasteiger partial charge in [0.25, 0.3) is 0 Å². The van der Waals surface area contributed by atoms with Gasteiger partial charge >= 0.3 is 0 Å². The number of imidazole rings is 2. The highest BCUT2D eigenvalue weighted by molar-refractivity contribution is 7.22. The molecule has 0 unspecified atom stereocenters. The molecule has 168 valence electrons. The van der Waals surface area contributed by atoms with Gasteiger partial charge in [-0.1, -0.05) is 24.3 Å². The second-order valence-corrected chi connectivity index (χ2v) is 10.4. The zero-order valence-corrected chi connectivity index (χ0v) is 20.0. The SMILES string of the molecule is Cc1nc2c([nH]1)CCc1c-2ccc2cc(-c3ccc4c(c3)c3cncnc3c3[nH]c(C)nc43)sc12. The fourth-order valence-corrected chi connectivity index (χ4v) is 6.91. The van der Waals surface area contributed by atoms with E-state index < -0.39 is 0 Å². The molecule has 7 aromatic rings. The van der Waals surface area contributed by atoms with Crippen LogP contribution in [-0.2, 0) is 12.8 Å². The summed E-state index contributed by atoms with van der Waals surface area (Å²) in [4.78, 5) is 26.6. The molecule has 0 saturated carbocycles. The van der Waals surface area contributed by atoms with Crippen LogP contribution in [0.5, 0.6) is 0 Å². The molecular formula is C28H20N6S. The molecule has 0 bridgehead atoms. The molecule has 0 amide bonds. The lowest BCUT2D eigenvalue weighted by atomic mass is 9.91. The van der Waals surface area contributed by atoms with E-state index in [4.69, 9.17) is 9.97 Å². The first kappa shape index (κ1) is 19.2. The van der Waals surface area contributed by atoms with Crippen LogP contribution in [0.4, 0.5) is 0 Å². The van der Waals surface area contributed by atoms with Crippen molar-refractivity contribution in [3.05, 3.63) is 71.8 Å². The Hall–Kier alpha value is -4.10. The Kier molecular flexibility index (Phi) is 3.70. The highest BCUT2D eigenvalue weighted by Gasteiger charge is 2.23. The van der Waals surface area contributed by atoms with E-state index in [1.54, 1.807) is 6.33 Å². The van der Waals surface area contributed by atoms with Crippen molar-refractivity contribution < 1.29 is 0 Å². The lowest BCUT2D eigenvalue weighted by Gasteiger charge is -2.15. The van der Waals surface area contributed by atoms with Gasteiger partial charge in [-0.25, -0.2) is 19.9 Å². The maximum atomic E-state index is 4.78. The predicted octanol–water partition coefficient (Wildman–Crippen LogP) is 6.65. The summed E-state index contributed by atoms with van der Waals surface area (Å²) in [6.45, 7) is 4.02. The number of aromatic nitrogens is 6. The van der Waals surface area contributed by atoms with Gasteiger partial charge in [0.1, 0.15) is 18.0 Å². The highest BCUT2D eigenvalue weighted by atomic mass is 32.1. The molecule has 8 rings (SSSR count). The Morgan fingerprint density at radius 2 is 1.77 bits per heavy atom. The van der Waals surface area contributed by atoms with E-state index in [0.29, 0.717) is 0 Å². The summed E-state index contributed by atoms with van der Waals surface area (Å²) < 4.78 is 1.37. The molecule has 3 aromatic carbocycles. The molecule has 0 saturated heterocycles. The van der Waals surface area contributed by atoms with E-state index in [9.17, 15) is 0 Å². The first-order valence-corrected chi connectivity index (χ1v) is 12.6. The summed E-state index contributed by atoms with van der Waals surface area (Å²) >= 11 is 1.88. The summed E-state index contributed by atoms with van der Waals surface area (Å²) in [6, 6.07) is 13.5. The van der Waals surface area contributed by atoms with Crippen molar-refractivity contribution >= 4 is 54.1 Å². The van der Waals surface area contributed by atoms with Crippen molar-refractivity contribution in [2.45, 2.75) is 26.7 Å². The summed E-state index contributed by atoms with van der Waals surface area (Å²) in [5.74, 6) is 1.88. The van der Waals surface area contributed by atoms with Crippen molar-refractivity contribution in [2.75, 3.05) is 0 Å². The number of thiophene rings is 1. The zero-order valence-electron chi connectivity index (χ0n) is 19.2. The molecule has 35 heavy (non-hydrogen) atoms. The minimum Gasteiger partial charge on any atom is -0.346 e. The smallest absolute Gasteiger partial charge is 0.116 e. The molecule has 4 heterocycles. The Labute approximate surface area is 204 Å². The molecule has 1 aliphatic rings. The molecule has 4 aromatic heterocycles. The van der Waals surface area contributed by atoms with Gasteiger partial charge in [0.05, 0.1) is 22.2 Å². The van der Waals surface area contributed by atoms with Crippen molar-refractivity contribution in [3.8, 4) is 21.7 Å². The average Bonchev–Trinajstić information content (AvgIpc) is 3.59. The van der Waals surface area contributed by atoms with Gasteiger partial charge in [0.2, 0.25) is 0 Å². The maximum Gasteiger partial charge on any atom is 0.116 e. The number of aryl methyl sites for hydroxylation is 4. The van der Waals surface area contributed by atoms with E-state index in [1.165, 1.54) is 37.3 Å². The van der Waals surface area contributed by atoms with Crippen LogP contribution in [-0.4, -0.2) is 29.9 Å². The third-order valence-electron chi connectivity index (χ3n) is 7.19. The molecule has 0 spiro atoms. The average molecular weight is 473 g/mol. The van der Waals surface area contributed by atoms with Gasteiger partial charge < -0.3 is 9.97 Å². The Bertz CT molecular complexity index is 1990. The molecule has 0 radical (unpaired) electrons. The number of nitrogens with one attached hydrogen (secondary N) is 2. The normalized spacial score (nSPS) is 13.2. The number of hydrogen-bond donors (Lipinski definition) is 2. The number of H-pyrrole nitrogens is 2. The topological polar surface area (TPSA) is 83.1 Å².